The Morgan fingerprint density at radius 1 is 0.757 bits per heavy atom. The van der Waals surface area contributed by atoms with Gasteiger partial charge in [0.15, 0.2) is 39.1 Å². The highest BCUT2D eigenvalue weighted by molar-refractivity contribution is 6.21. The Balaban J connectivity index is 1.76. The maximum absolute atomic E-state index is 13.7. The lowest BCUT2D eigenvalue weighted by Gasteiger charge is -2.14. The van der Waals surface area contributed by atoms with Crippen LogP contribution >= 0.6 is 0 Å². The summed E-state index contributed by atoms with van der Waals surface area (Å²) in [4.78, 5) is 44.5. The highest BCUT2D eigenvalue weighted by Crippen LogP contribution is 2.37. The van der Waals surface area contributed by atoms with Crippen molar-refractivity contribution < 1.29 is 22.8 Å². The summed E-state index contributed by atoms with van der Waals surface area (Å²) in [5, 5.41) is -0.0595. The number of carbonyl (C=O) groups is 1. The van der Waals surface area contributed by atoms with Crippen LogP contribution in [0.4, 0.5) is 4.79 Å². The molecule has 4 aromatic heterocycles. The second kappa shape index (κ2) is 7.56. The van der Waals surface area contributed by atoms with E-state index >= 15 is 0 Å². The van der Waals surface area contributed by atoms with Crippen molar-refractivity contribution in [1.29, 1.82) is 0 Å². The van der Waals surface area contributed by atoms with Crippen molar-refractivity contribution in [3.63, 3.8) is 0 Å². The first-order valence-electron chi connectivity index (χ1n) is 11.2. The number of para-hydroxylation sites is 3. The van der Waals surface area contributed by atoms with Gasteiger partial charge in [-0.15, -0.1) is 0 Å². The normalized spacial score (nSPS) is 11.7. The van der Waals surface area contributed by atoms with E-state index in [2.05, 4.69) is 4.98 Å². The average Bonchev–Trinajstić information content (AvgIpc) is 3.15. The second-order valence-electron chi connectivity index (χ2n) is 8.35. The molecule has 180 valence electrons. The molecule has 0 radical (unpaired) electrons. The summed E-state index contributed by atoms with van der Waals surface area (Å²) in [5.41, 5.74) is -0.172. The third kappa shape index (κ3) is 2.92. The van der Waals surface area contributed by atoms with Crippen molar-refractivity contribution in [2.45, 2.75) is 0 Å². The van der Waals surface area contributed by atoms with Crippen LogP contribution in [0, 0.1) is 0 Å². The molecular formula is C27H15N3O7. The van der Waals surface area contributed by atoms with Crippen LogP contribution in [-0.2, 0) is 7.05 Å². The monoisotopic (exact) mass is 493 g/mol. The predicted octanol–water partition coefficient (Wildman–Crippen LogP) is 5.10. The number of rotatable bonds is 1. The molecule has 7 aromatic rings. The topological polar surface area (TPSA) is 123 Å². The van der Waals surface area contributed by atoms with Crippen LogP contribution in [0.5, 0.6) is 5.75 Å². The van der Waals surface area contributed by atoms with Crippen molar-refractivity contribution in [3.05, 3.63) is 93.6 Å². The smallest absolute Gasteiger partial charge is 0.426 e. The second-order valence-corrected chi connectivity index (χ2v) is 8.35. The van der Waals surface area contributed by atoms with Gasteiger partial charge in [0.1, 0.15) is 22.0 Å². The van der Waals surface area contributed by atoms with Gasteiger partial charge in [0.25, 0.3) is 11.1 Å². The number of pyridine rings is 1. The SMILES string of the molecule is Cn1c(=O)c2c3oc4ccccc4oc3c3c(oc4cccnc4n3C(=O)Oc3ccccc3)c2c1=O. The van der Waals surface area contributed by atoms with E-state index in [1.165, 1.54) is 13.2 Å². The van der Waals surface area contributed by atoms with Gasteiger partial charge in [-0.05, 0) is 36.4 Å². The molecule has 4 heterocycles. The zero-order valence-electron chi connectivity index (χ0n) is 19.1. The number of nitrogens with zero attached hydrogens (tertiary/aromatic N) is 3. The Hall–Kier alpha value is -5.38. The summed E-state index contributed by atoms with van der Waals surface area (Å²) >= 11 is 0. The highest BCUT2D eigenvalue weighted by atomic mass is 16.6. The number of carbonyl (C=O) groups excluding carboxylic acids is 1. The molecule has 0 atom stereocenters. The van der Waals surface area contributed by atoms with E-state index in [9.17, 15) is 14.4 Å². The Bertz CT molecular complexity index is 2190. The van der Waals surface area contributed by atoms with Gasteiger partial charge < -0.3 is 18.0 Å². The molecular weight excluding hydrogens is 478 g/mol. The van der Waals surface area contributed by atoms with Gasteiger partial charge >= 0.3 is 6.09 Å². The van der Waals surface area contributed by atoms with E-state index < -0.39 is 17.2 Å². The van der Waals surface area contributed by atoms with Crippen LogP contribution in [0.25, 0.3) is 55.4 Å². The summed E-state index contributed by atoms with van der Waals surface area (Å²) in [5.74, 6) is 0.293. The minimum Gasteiger partial charge on any atom is -0.450 e. The van der Waals surface area contributed by atoms with Crippen molar-refractivity contribution in [3.8, 4) is 5.75 Å². The van der Waals surface area contributed by atoms with Crippen LogP contribution in [0.2, 0.25) is 0 Å². The summed E-state index contributed by atoms with van der Waals surface area (Å²) in [7, 11) is 1.36. The van der Waals surface area contributed by atoms with Crippen molar-refractivity contribution >= 4 is 61.5 Å². The zero-order valence-corrected chi connectivity index (χ0v) is 19.1. The van der Waals surface area contributed by atoms with Crippen LogP contribution < -0.4 is 15.9 Å². The predicted molar refractivity (Wildman–Crippen MR) is 135 cm³/mol. The van der Waals surface area contributed by atoms with Crippen LogP contribution in [0.3, 0.4) is 0 Å². The molecule has 7 rings (SSSR count). The molecule has 0 saturated heterocycles. The van der Waals surface area contributed by atoms with E-state index in [1.807, 2.05) is 0 Å². The van der Waals surface area contributed by atoms with Crippen molar-refractivity contribution in [1.82, 2.24) is 14.1 Å². The number of fused-ring (bicyclic) bond motifs is 8. The molecule has 10 heteroatoms. The molecule has 37 heavy (non-hydrogen) atoms. The standard InChI is InChI=1S/C27H15N3O7/c1-29-25(31)18-19(26(29)32)22-23(36-16-11-6-5-10-15(16)35-22)20-21(18)37-17-12-7-13-28-24(17)30(20)27(33)34-14-8-3-2-4-9-14/h2-13H,1H3. The number of hydrogen-bond acceptors (Lipinski definition) is 8. The lowest BCUT2D eigenvalue weighted by Crippen LogP contribution is -2.21. The fraction of sp³-hybridized carbons (Fsp3) is 0.0370. The fourth-order valence-corrected chi connectivity index (χ4v) is 4.50. The third-order valence-electron chi connectivity index (χ3n) is 6.18. The first-order valence-corrected chi connectivity index (χ1v) is 11.2. The van der Waals surface area contributed by atoms with Gasteiger partial charge in [-0.1, -0.05) is 30.3 Å². The third-order valence-corrected chi connectivity index (χ3v) is 6.18. The Morgan fingerprint density at radius 2 is 1.35 bits per heavy atom. The van der Waals surface area contributed by atoms with Gasteiger partial charge in [-0.2, -0.15) is 0 Å². The quantitative estimate of drug-likeness (QED) is 0.229. The zero-order chi connectivity index (χ0) is 25.3. The molecule has 0 aliphatic rings. The fourth-order valence-electron chi connectivity index (χ4n) is 4.50. The maximum Gasteiger partial charge on any atom is 0.426 e. The lowest BCUT2D eigenvalue weighted by atomic mass is 10.1. The first-order chi connectivity index (χ1) is 18.0. The van der Waals surface area contributed by atoms with E-state index in [0.717, 1.165) is 9.13 Å². The summed E-state index contributed by atoms with van der Waals surface area (Å²) < 4.78 is 26.2. The van der Waals surface area contributed by atoms with Gasteiger partial charge in [0.05, 0.1) is 0 Å². The molecule has 3 aromatic carbocycles. The molecule has 0 bridgehead atoms. The molecule has 0 fully saturated rings. The van der Waals surface area contributed by atoms with Gasteiger partial charge in [0, 0.05) is 13.2 Å². The van der Waals surface area contributed by atoms with E-state index in [4.69, 9.17) is 18.0 Å². The number of aromatic nitrogens is 3. The van der Waals surface area contributed by atoms with Crippen LogP contribution in [-0.4, -0.2) is 20.2 Å². The molecule has 10 nitrogen and oxygen atoms in total. The summed E-state index contributed by atoms with van der Waals surface area (Å²) in [6, 6.07) is 18.6. The van der Waals surface area contributed by atoms with E-state index in [0.29, 0.717) is 16.9 Å². The Morgan fingerprint density at radius 3 is 2.08 bits per heavy atom. The first kappa shape index (κ1) is 20.9. The van der Waals surface area contributed by atoms with Gasteiger partial charge in [0.2, 0.25) is 0 Å². The minimum absolute atomic E-state index is 0.00403. The van der Waals surface area contributed by atoms with Crippen LogP contribution in [0.1, 0.15) is 0 Å². The number of hydrogen-bond donors (Lipinski definition) is 0. The van der Waals surface area contributed by atoms with Gasteiger partial charge in [-0.3, -0.25) is 14.2 Å². The largest absolute Gasteiger partial charge is 0.450 e. The lowest BCUT2D eigenvalue weighted by molar-refractivity contribution is 0.204. The van der Waals surface area contributed by atoms with E-state index in [-0.39, 0.29) is 44.3 Å². The summed E-state index contributed by atoms with van der Waals surface area (Å²) in [6.45, 7) is 0. The van der Waals surface area contributed by atoms with E-state index in [1.54, 1.807) is 66.7 Å². The molecule has 0 spiro atoms. The van der Waals surface area contributed by atoms with Crippen molar-refractivity contribution in [2.24, 2.45) is 7.05 Å². The molecule has 0 aliphatic heterocycles. The molecule has 0 unspecified atom stereocenters. The number of benzene rings is 3. The number of ether oxygens (including phenoxy) is 1. The molecule has 0 amide bonds. The minimum atomic E-state index is -0.828. The molecule has 0 aliphatic carbocycles. The van der Waals surface area contributed by atoms with Crippen LogP contribution in [0.15, 0.2) is 95.8 Å². The molecule has 0 saturated carbocycles. The Labute approximate surface area is 205 Å². The van der Waals surface area contributed by atoms with Crippen molar-refractivity contribution in [2.75, 3.05) is 0 Å². The highest BCUT2D eigenvalue weighted by Gasteiger charge is 2.29. The molecule has 0 N–H and O–H groups in total. The average molecular weight is 493 g/mol. The summed E-state index contributed by atoms with van der Waals surface area (Å²) in [6.07, 6.45) is 0.663. The van der Waals surface area contributed by atoms with Gasteiger partial charge in [-0.25, -0.2) is 14.3 Å². The Kier molecular flexibility index (Phi) is 4.28. The maximum atomic E-state index is 13.7.